The molecule has 2 heterocycles. The molecule has 0 aliphatic rings. The first-order valence-electron chi connectivity index (χ1n) is 6.89. The summed E-state index contributed by atoms with van der Waals surface area (Å²) in [7, 11) is 0. The number of furan rings is 1. The Morgan fingerprint density at radius 2 is 1.91 bits per heavy atom. The molecule has 4 rings (SSSR count). The predicted octanol–water partition coefficient (Wildman–Crippen LogP) is 5.51. The van der Waals surface area contributed by atoms with Gasteiger partial charge in [-0.3, -0.25) is 0 Å². The first-order valence-corrected chi connectivity index (χ1v) is 8.79. The lowest BCUT2D eigenvalue weighted by atomic mass is 10.1. The predicted molar refractivity (Wildman–Crippen MR) is 101 cm³/mol. The number of fused-ring (bicyclic) bond motifs is 2. The maximum atomic E-state index is 6.08. The highest BCUT2D eigenvalue weighted by Crippen LogP contribution is 2.38. The van der Waals surface area contributed by atoms with Crippen LogP contribution in [0, 0.1) is 17.4 Å². The second-order valence-electron chi connectivity index (χ2n) is 5.39. The molecule has 5 heteroatoms. The number of hydrogen-bond donors (Lipinski definition) is 1. The molecule has 0 radical (unpaired) electrons. The van der Waals surface area contributed by atoms with Crippen molar-refractivity contribution in [3.8, 4) is 10.8 Å². The number of thiazole rings is 1. The lowest BCUT2D eigenvalue weighted by Gasteiger charge is -1.96. The molecule has 0 aliphatic carbocycles. The Kier molecular flexibility index (Phi) is 3.16. The van der Waals surface area contributed by atoms with Crippen molar-refractivity contribution in [3.63, 3.8) is 0 Å². The summed E-state index contributed by atoms with van der Waals surface area (Å²) >= 11 is 3.94. The molecule has 0 spiro atoms. The molecule has 3 nitrogen and oxygen atoms in total. The number of nitrogen functional groups attached to an aromatic ring is 1. The minimum atomic E-state index is 0.710. The van der Waals surface area contributed by atoms with Crippen molar-refractivity contribution in [1.29, 1.82) is 0 Å². The fourth-order valence-electron chi connectivity index (χ4n) is 2.60. The smallest absolute Gasteiger partial charge is 0.164 e. The van der Waals surface area contributed by atoms with Gasteiger partial charge in [0.2, 0.25) is 0 Å². The molecule has 0 amide bonds. The van der Waals surface area contributed by atoms with Crippen molar-refractivity contribution in [1.82, 2.24) is 4.98 Å². The Bertz CT molecular complexity index is 870. The van der Waals surface area contributed by atoms with Crippen molar-refractivity contribution in [2.75, 3.05) is 5.73 Å². The van der Waals surface area contributed by atoms with Gasteiger partial charge < -0.3 is 10.2 Å². The summed E-state index contributed by atoms with van der Waals surface area (Å²) in [4.78, 5) is 4.69. The van der Waals surface area contributed by atoms with Gasteiger partial charge in [0.25, 0.3) is 0 Å². The summed E-state index contributed by atoms with van der Waals surface area (Å²) in [5, 5.41) is 2.03. The molecule has 4 aromatic rings. The van der Waals surface area contributed by atoms with Gasteiger partial charge >= 0.3 is 0 Å². The molecule has 0 aliphatic heterocycles. The highest BCUT2D eigenvalue weighted by Gasteiger charge is 2.16. The van der Waals surface area contributed by atoms with Gasteiger partial charge in [-0.1, -0.05) is 12.1 Å². The maximum absolute atomic E-state index is 6.08. The molecule has 2 N–H and O–H groups in total. The van der Waals surface area contributed by atoms with Gasteiger partial charge in [-0.2, -0.15) is 0 Å². The third-order valence-corrected chi connectivity index (χ3v) is 6.20. The lowest BCUT2D eigenvalue weighted by Crippen LogP contribution is -1.86. The fourth-order valence-corrected chi connectivity index (χ4v) is 4.32. The first-order chi connectivity index (χ1) is 10.5. The standard InChI is InChI=1S/C17H13IN2OS/c1-8-3-4-9(2)15-10(8)7-13(21-15)17-20-14-12(19)6-5-11(18)16(14)22-17/h3-7H,19H2,1-2H3. The number of aromatic nitrogens is 1. The van der Waals surface area contributed by atoms with E-state index < -0.39 is 0 Å². The Morgan fingerprint density at radius 3 is 2.64 bits per heavy atom. The third kappa shape index (κ3) is 2.03. The van der Waals surface area contributed by atoms with Crippen LogP contribution in [0.5, 0.6) is 0 Å². The zero-order valence-corrected chi connectivity index (χ0v) is 15.1. The normalized spacial score (nSPS) is 11.6. The number of hydrogen-bond acceptors (Lipinski definition) is 4. The van der Waals surface area contributed by atoms with Crippen LogP contribution < -0.4 is 5.73 Å². The van der Waals surface area contributed by atoms with Crippen LogP contribution in [0.2, 0.25) is 0 Å². The average molecular weight is 420 g/mol. The van der Waals surface area contributed by atoms with Crippen LogP contribution >= 0.6 is 33.9 Å². The van der Waals surface area contributed by atoms with Crippen LogP contribution in [-0.2, 0) is 0 Å². The van der Waals surface area contributed by atoms with Gasteiger partial charge in [0.05, 0.1) is 10.4 Å². The summed E-state index contributed by atoms with van der Waals surface area (Å²) in [6, 6.07) is 10.2. The molecule has 0 saturated heterocycles. The van der Waals surface area contributed by atoms with Gasteiger partial charge in [-0.05, 0) is 65.8 Å². The fraction of sp³-hybridized carbons (Fsp3) is 0.118. The molecular weight excluding hydrogens is 407 g/mol. The minimum Gasteiger partial charge on any atom is -0.453 e. The second-order valence-corrected chi connectivity index (χ2v) is 7.55. The lowest BCUT2D eigenvalue weighted by molar-refractivity contribution is 0.628. The van der Waals surface area contributed by atoms with E-state index >= 15 is 0 Å². The second kappa shape index (κ2) is 4.96. The molecule has 0 unspecified atom stereocenters. The van der Waals surface area contributed by atoms with Gasteiger partial charge in [0.1, 0.15) is 11.1 Å². The monoisotopic (exact) mass is 420 g/mol. The largest absolute Gasteiger partial charge is 0.453 e. The number of rotatable bonds is 1. The highest BCUT2D eigenvalue weighted by molar-refractivity contribution is 14.1. The van der Waals surface area contributed by atoms with Crippen LogP contribution in [-0.4, -0.2) is 4.98 Å². The Balaban J connectivity index is 1.99. The van der Waals surface area contributed by atoms with Gasteiger partial charge in [-0.15, -0.1) is 11.3 Å². The van der Waals surface area contributed by atoms with E-state index in [1.54, 1.807) is 11.3 Å². The Morgan fingerprint density at radius 1 is 1.14 bits per heavy atom. The zero-order valence-electron chi connectivity index (χ0n) is 12.1. The number of benzene rings is 2. The number of nitrogens with zero attached hydrogens (tertiary/aromatic N) is 1. The van der Waals surface area contributed by atoms with E-state index in [1.807, 2.05) is 12.1 Å². The van der Waals surface area contributed by atoms with Crippen LogP contribution in [0.25, 0.3) is 32.0 Å². The number of halogens is 1. The summed E-state index contributed by atoms with van der Waals surface area (Å²) in [5.74, 6) is 0.809. The van der Waals surface area contributed by atoms with Crippen LogP contribution in [0.15, 0.2) is 34.7 Å². The van der Waals surface area contributed by atoms with E-state index in [-0.39, 0.29) is 0 Å². The number of aryl methyl sites for hydroxylation is 2. The first kappa shape index (κ1) is 14.0. The van der Waals surface area contributed by atoms with Gasteiger partial charge in [0.15, 0.2) is 10.8 Å². The third-order valence-electron chi connectivity index (χ3n) is 3.84. The summed E-state index contributed by atoms with van der Waals surface area (Å²) in [6.45, 7) is 4.16. The molecule has 0 bridgehead atoms. The minimum absolute atomic E-state index is 0.710. The van der Waals surface area contributed by atoms with Crippen molar-refractivity contribution in [2.45, 2.75) is 13.8 Å². The number of nitrogens with two attached hydrogens (primary N) is 1. The van der Waals surface area contributed by atoms with E-state index in [0.29, 0.717) is 5.69 Å². The summed E-state index contributed by atoms with van der Waals surface area (Å²) < 4.78 is 8.36. The summed E-state index contributed by atoms with van der Waals surface area (Å²) in [5.41, 5.74) is 10.9. The van der Waals surface area contributed by atoms with Crippen LogP contribution in [0.4, 0.5) is 5.69 Å². The molecule has 22 heavy (non-hydrogen) atoms. The highest BCUT2D eigenvalue weighted by atomic mass is 127. The van der Waals surface area contributed by atoms with Crippen molar-refractivity contribution in [3.05, 3.63) is 45.0 Å². The van der Waals surface area contributed by atoms with Crippen molar-refractivity contribution < 1.29 is 4.42 Å². The zero-order chi connectivity index (χ0) is 15.4. The maximum Gasteiger partial charge on any atom is 0.164 e. The SMILES string of the molecule is Cc1ccc(C)c2oc(-c3nc4c(N)ccc(I)c4s3)cc12. The number of anilines is 1. The molecule has 110 valence electrons. The quantitative estimate of drug-likeness (QED) is 0.326. The van der Waals surface area contributed by atoms with E-state index in [0.717, 1.165) is 41.1 Å². The molecule has 0 atom stereocenters. The molecule has 0 saturated carbocycles. The average Bonchev–Trinajstić information content (AvgIpc) is 3.12. The Labute approximate surface area is 145 Å². The van der Waals surface area contributed by atoms with Gasteiger partial charge in [0, 0.05) is 8.96 Å². The molecule has 2 aromatic carbocycles. The summed E-state index contributed by atoms with van der Waals surface area (Å²) in [6.07, 6.45) is 0. The molecule has 0 fully saturated rings. The van der Waals surface area contributed by atoms with E-state index in [2.05, 4.69) is 54.6 Å². The molecule has 2 aromatic heterocycles. The molecular formula is C17H13IN2OS. The van der Waals surface area contributed by atoms with Crippen LogP contribution in [0.1, 0.15) is 11.1 Å². The topological polar surface area (TPSA) is 52.0 Å². The van der Waals surface area contributed by atoms with Crippen LogP contribution in [0.3, 0.4) is 0 Å². The van der Waals surface area contributed by atoms with E-state index in [4.69, 9.17) is 15.1 Å². The van der Waals surface area contributed by atoms with Crippen molar-refractivity contribution in [2.24, 2.45) is 0 Å². The van der Waals surface area contributed by atoms with Gasteiger partial charge in [-0.25, -0.2) is 4.98 Å². The Hall–Kier alpha value is -1.60. The van der Waals surface area contributed by atoms with E-state index in [9.17, 15) is 0 Å². The van der Waals surface area contributed by atoms with Crippen molar-refractivity contribution >= 4 is 60.8 Å². The van der Waals surface area contributed by atoms with E-state index in [1.165, 1.54) is 5.56 Å².